The van der Waals surface area contributed by atoms with Crippen LogP contribution in [0.2, 0.25) is 5.02 Å². The molecule has 0 radical (unpaired) electrons. The number of thiophene rings is 1. The first-order valence-corrected chi connectivity index (χ1v) is 21.3. The third-order valence-electron chi connectivity index (χ3n) is 13.5. The molecule has 306 valence electrons. The van der Waals surface area contributed by atoms with E-state index < -0.39 is 52.7 Å². The Bertz CT molecular complexity index is 2920. The first-order chi connectivity index (χ1) is 29.3. The summed E-state index contributed by atoms with van der Waals surface area (Å²) >= 11 is 7.88. The van der Waals surface area contributed by atoms with Crippen LogP contribution in [-0.4, -0.2) is 51.4 Å². The largest absolute Gasteiger partial charge is 0.508 e. The van der Waals surface area contributed by atoms with Gasteiger partial charge in [0.15, 0.2) is 5.78 Å². The molecule has 61 heavy (non-hydrogen) atoms. The number of aromatic nitrogens is 2. The van der Waals surface area contributed by atoms with Crippen molar-refractivity contribution < 1.29 is 33.8 Å². The summed E-state index contributed by atoms with van der Waals surface area (Å²) in [5.41, 5.74) is 2.58. The molecule has 11 nitrogen and oxygen atoms in total. The molecule has 1 saturated carbocycles. The van der Waals surface area contributed by atoms with Crippen molar-refractivity contribution in [2.45, 2.75) is 32.6 Å². The minimum Gasteiger partial charge on any atom is -0.508 e. The standard InChI is InChI=1S/C48H39ClN4O7S/c1-24-32-20-27(49)12-19-38(32)61-43(24)36-23-39(51(3)50-36)53-45(57)35-22-33-30(41(48(35,2)47(53)59)34-21-29(60-4)15-18-37(34)54)16-17-31-40(33)46(58)52(44(31)56)28-13-10-26(11-14-28)42(55)25-8-6-5-7-9-25/h5-16,18-21,23,31,33,35,40-41,54H,17,22H2,1-4H3. The number of methoxy groups -OCH3 is 1. The monoisotopic (exact) mass is 850 g/mol. The highest BCUT2D eigenvalue weighted by Crippen LogP contribution is 2.65. The molecule has 6 aromatic rings. The van der Waals surface area contributed by atoms with Gasteiger partial charge < -0.3 is 9.84 Å². The fraction of sp³-hybridized carbons (Fsp3) is 0.250. The van der Waals surface area contributed by atoms with Gasteiger partial charge in [-0.1, -0.05) is 53.6 Å². The molecule has 10 rings (SSSR count). The quantitative estimate of drug-likeness (QED) is 0.0957. The Labute approximate surface area is 359 Å². The minimum atomic E-state index is -1.41. The summed E-state index contributed by atoms with van der Waals surface area (Å²) in [5, 5.41) is 18.0. The van der Waals surface area contributed by atoms with Crippen molar-refractivity contribution >= 4 is 73.9 Å². The van der Waals surface area contributed by atoms with Gasteiger partial charge in [-0.3, -0.25) is 33.6 Å². The number of carbonyl (C=O) groups excluding carboxylic acids is 5. The molecule has 3 fully saturated rings. The maximum Gasteiger partial charge on any atom is 0.242 e. The Kier molecular flexibility index (Phi) is 8.97. The van der Waals surface area contributed by atoms with E-state index in [2.05, 4.69) is 0 Å². The zero-order valence-electron chi connectivity index (χ0n) is 33.6. The smallest absolute Gasteiger partial charge is 0.242 e. The van der Waals surface area contributed by atoms with Gasteiger partial charge in [0.2, 0.25) is 23.6 Å². The predicted octanol–water partition coefficient (Wildman–Crippen LogP) is 8.64. The van der Waals surface area contributed by atoms with Gasteiger partial charge in [-0.15, -0.1) is 11.3 Å². The van der Waals surface area contributed by atoms with E-state index in [1.54, 1.807) is 96.7 Å². The van der Waals surface area contributed by atoms with Crippen molar-refractivity contribution in [2.24, 2.45) is 36.1 Å². The highest BCUT2D eigenvalue weighted by Gasteiger charge is 2.68. The van der Waals surface area contributed by atoms with Crippen LogP contribution in [0.5, 0.6) is 11.5 Å². The van der Waals surface area contributed by atoms with Crippen molar-refractivity contribution in [2.75, 3.05) is 16.9 Å². The van der Waals surface area contributed by atoms with E-state index in [9.17, 15) is 19.5 Å². The van der Waals surface area contributed by atoms with Crippen molar-refractivity contribution in [3.05, 3.63) is 136 Å². The number of phenolic OH excluding ortho intramolecular Hbond substituents is 1. The van der Waals surface area contributed by atoms with Crippen LogP contribution in [0, 0.1) is 36.0 Å². The number of nitrogens with zero attached hydrogens (tertiary/aromatic N) is 4. The lowest BCUT2D eigenvalue weighted by Gasteiger charge is -2.49. The lowest BCUT2D eigenvalue weighted by Crippen LogP contribution is -2.49. The number of amides is 4. The number of rotatable bonds is 7. The number of ketones is 1. The van der Waals surface area contributed by atoms with E-state index in [0.29, 0.717) is 44.7 Å². The molecule has 2 saturated heterocycles. The molecule has 4 aliphatic rings. The number of imide groups is 2. The number of benzene rings is 4. The van der Waals surface area contributed by atoms with Crippen LogP contribution < -0.4 is 14.5 Å². The number of carbonyl (C=O) groups is 5. The molecule has 2 aliphatic carbocycles. The maximum atomic E-state index is 15.2. The van der Waals surface area contributed by atoms with Crippen LogP contribution >= 0.6 is 22.9 Å². The van der Waals surface area contributed by atoms with Crippen molar-refractivity contribution in [1.82, 2.24) is 9.78 Å². The lowest BCUT2D eigenvalue weighted by atomic mass is 9.51. The van der Waals surface area contributed by atoms with Crippen LogP contribution in [-0.2, 0) is 26.2 Å². The van der Waals surface area contributed by atoms with Crippen LogP contribution in [0.15, 0.2) is 109 Å². The first-order valence-electron chi connectivity index (χ1n) is 20.1. The molecule has 1 N–H and O–H groups in total. The second kappa shape index (κ2) is 14.1. The van der Waals surface area contributed by atoms with E-state index in [4.69, 9.17) is 21.4 Å². The predicted molar refractivity (Wildman–Crippen MR) is 232 cm³/mol. The fourth-order valence-electron chi connectivity index (χ4n) is 10.5. The summed E-state index contributed by atoms with van der Waals surface area (Å²) in [6.07, 6.45) is 2.29. The summed E-state index contributed by atoms with van der Waals surface area (Å²) in [6, 6.07) is 27.6. The number of halogens is 1. The van der Waals surface area contributed by atoms with Crippen molar-refractivity contribution in [3.63, 3.8) is 0 Å². The molecule has 0 spiro atoms. The number of aromatic hydroxyl groups is 1. The normalized spacial score (nSPS) is 24.5. The molecule has 2 aromatic heterocycles. The number of phenols is 1. The van der Waals surface area contributed by atoms with E-state index in [-0.39, 0.29) is 30.3 Å². The number of hydrogen-bond donors (Lipinski definition) is 1. The van der Waals surface area contributed by atoms with Crippen LogP contribution in [0.4, 0.5) is 11.5 Å². The van der Waals surface area contributed by atoms with E-state index in [0.717, 1.165) is 26.1 Å². The zero-order chi connectivity index (χ0) is 42.6. The fourth-order valence-corrected chi connectivity index (χ4v) is 11.8. The van der Waals surface area contributed by atoms with Gasteiger partial charge in [0.25, 0.3) is 0 Å². The Morgan fingerprint density at radius 3 is 2.36 bits per heavy atom. The van der Waals surface area contributed by atoms with Gasteiger partial charge >= 0.3 is 0 Å². The van der Waals surface area contributed by atoms with Crippen LogP contribution in [0.3, 0.4) is 0 Å². The third kappa shape index (κ3) is 5.68. The summed E-state index contributed by atoms with van der Waals surface area (Å²) < 4.78 is 8.16. The average Bonchev–Trinajstić information content (AvgIpc) is 3.94. The molecule has 6 atom stereocenters. The van der Waals surface area contributed by atoms with Crippen molar-refractivity contribution in [3.8, 4) is 22.1 Å². The van der Waals surface area contributed by atoms with Gasteiger partial charge in [0.1, 0.15) is 23.0 Å². The van der Waals surface area contributed by atoms with Crippen molar-refractivity contribution in [1.29, 1.82) is 0 Å². The number of fused-ring (bicyclic) bond motifs is 5. The Balaban J connectivity index is 1.04. The summed E-state index contributed by atoms with van der Waals surface area (Å²) in [4.78, 5) is 75.7. The Morgan fingerprint density at radius 2 is 1.62 bits per heavy atom. The maximum absolute atomic E-state index is 15.2. The molecule has 4 aromatic carbocycles. The van der Waals surface area contributed by atoms with E-state index in [1.165, 1.54) is 23.0 Å². The second-order valence-corrected chi connectivity index (χ2v) is 18.0. The molecule has 13 heteroatoms. The summed E-state index contributed by atoms with van der Waals surface area (Å²) in [5.74, 6) is -5.12. The van der Waals surface area contributed by atoms with Gasteiger partial charge in [-0.05, 0) is 104 Å². The van der Waals surface area contributed by atoms with Crippen LogP contribution in [0.25, 0.3) is 20.7 Å². The molecule has 6 unspecified atom stereocenters. The molecular weight excluding hydrogens is 812 g/mol. The van der Waals surface area contributed by atoms with Gasteiger partial charge in [0.05, 0.1) is 40.8 Å². The third-order valence-corrected chi connectivity index (χ3v) is 15.0. The van der Waals surface area contributed by atoms with E-state index in [1.807, 2.05) is 37.3 Å². The van der Waals surface area contributed by atoms with E-state index >= 15 is 9.59 Å². The highest BCUT2D eigenvalue weighted by atomic mass is 35.5. The molecule has 0 bridgehead atoms. The summed E-state index contributed by atoms with van der Waals surface area (Å²) in [7, 11) is 3.21. The number of aryl methyl sites for hydroxylation is 2. The highest BCUT2D eigenvalue weighted by molar-refractivity contribution is 7.22. The van der Waals surface area contributed by atoms with Gasteiger partial charge in [-0.25, -0.2) is 4.90 Å². The number of anilines is 2. The average molecular weight is 851 g/mol. The lowest BCUT2D eigenvalue weighted by molar-refractivity contribution is -0.131. The zero-order valence-corrected chi connectivity index (χ0v) is 35.2. The summed E-state index contributed by atoms with van der Waals surface area (Å²) in [6.45, 7) is 3.76. The van der Waals surface area contributed by atoms with Crippen LogP contribution in [0.1, 0.15) is 52.7 Å². The second-order valence-electron chi connectivity index (χ2n) is 16.5. The SMILES string of the molecule is COc1ccc(O)c(C2C3=CCC4C(=O)N(c5ccc(C(=O)c6ccccc6)cc5)C(=O)C4C3CC3C(=O)N(c4cc(-c5sc6ccc(Cl)cc6c5C)nn4C)C(=O)C32C)c1. The van der Waals surface area contributed by atoms with Gasteiger partial charge in [-0.2, -0.15) is 5.10 Å². The molecule has 4 amide bonds. The molecule has 4 heterocycles. The number of allylic oxidation sites excluding steroid dienone is 2. The Morgan fingerprint density at radius 1 is 0.885 bits per heavy atom. The topological polar surface area (TPSA) is 139 Å². The first kappa shape index (κ1) is 38.8. The number of ether oxygens (including phenoxy) is 1. The molecular formula is C48H39ClN4O7S. The molecule has 2 aliphatic heterocycles. The van der Waals surface area contributed by atoms with Gasteiger partial charge in [0, 0.05) is 45.4 Å². The Hall–Kier alpha value is -6.37. The minimum absolute atomic E-state index is 0.0862. The number of hydrogen-bond acceptors (Lipinski definition) is 9.